The van der Waals surface area contributed by atoms with Crippen LogP contribution in [0, 0.1) is 10.1 Å². The third kappa shape index (κ3) is 6.70. The van der Waals surface area contributed by atoms with Gasteiger partial charge < -0.3 is 18.9 Å². The molecule has 3 aromatic carbocycles. The maximum Gasteiger partial charge on any atom is 0.387 e. The Labute approximate surface area is 209 Å². The van der Waals surface area contributed by atoms with Crippen LogP contribution in [0.25, 0.3) is 6.08 Å². The lowest BCUT2D eigenvalue weighted by Crippen LogP contribution is -2.04. The summed E-state index contributed by atoms with van der Waals surface area (Å²) in [7, 11) is 2.77. The van der Waals surface area contributed by atoms with E-state index >= 15 is 0 Å². The molecule has 0 unspecified atom stereocenters. The Morgan fingerprint density at radius 2 is 1.69 bits per heavy atom. The minimum absolute atomic E-state index is 0.00309. The minimum Gasteiger partial charge on any atom is -0.496 e. The van der Waals surface area contributed by atoms with E-state index in [1.165, 1.54) is 56.7 Å². The summed E-state index contributed by atoms with van der Waals surface area (Å²) in [4.78, 5) is 22.9. The average Bonchev–Trinajstić information content (AvgIpc) is 2.86. The second-order valence-electron chi connectivity index (χ2n) is 7.17. The van der Waals surface area contributed by atoms with Crippen molar-refractivity contribution in [2.75, 3.05) is 14.2 Å². The highest BCUT2D eigenvalue weighted by Gasteiger charge is 2.14. The first-order chi connectivity index (χ1) is 17.2. The van der Waals surface area contributed by atoms with Crippen LogP contribution in [0.2, 0.25) is 5.02 Å². The van der Waals surface area contributed by atoms with Gasteiger partial charge in [-0.2, -0.15) is 8.78 Å². The summed E-state index contributed by atoms with van der Waals surface area (Å²) in [6.07, 6.45) is 2.89. The molecule has 0 saturated carbocycles. The number of non-ortho nitro benzene ring substituents is 1. The molecule has 188 valence electrons. The van der Waals surface area contributed by atoms with E-state index in [0.29, 0.717) is 16.9 Å². The summed E-state index contributed by atoms with van der Waals surface area (Å²) in [6.45, 7) is -2.98. The SMILES string of the molecule is COc1ccc(/C=C/C(=O)c2ccc(OC(F)F)c(OC)c2)cc1COc1ccc([N+](=O)[O-])cc1Cl. The molecule has 0 N–H and O–H groups in total. The maximum absolute atomic E-state index is 12.6. The van der Waals surface area contributed by atoms with Gasteiger partial charge in [-0.1, -0.05) is 23.7 Å². The van der Waals surface area contributed by atoms with E-state index < -0.39 is 11.5 Å². The normalized spacial score (nSPS) is 10.9. The van der Waals surface area contributed by atoms with Crippen molar-refractivity contribution in [1.82, 2.24) is 0 Å². The van der Waals surface area contributed by atoms with Crippen molar-refractivity contribution >= 4 is 29.1 Å². The highest BCUT2D eigenvalue weighted by molar-refractivity contribution is 6.32. The summed E-state index contributed by atoms with van der Waals surface area (Å²) >= 11 is 6.08. The van der Waals surface area contributed by atoms with E-state index in [1.54, 1.807) is 24.3 Å². The monoisotopic (exact) mass is 519 g/mol. The fourth-order valence-corrected chi connectivity index (χ4v) is 3.40. The summed E-state index contributed by atoms with van der Waals surface area (Å²) in [5.41, 5.74) is 1.35. The zero-order chi connectivity index (χ0) is 26.2. The largest absolute Gasteiger partial charge is 0.496 e. The quantitative estimate of drug-likeness (QED) is 0.126. The van der Waals surface area contributed by atoms with Crippen molar-refractivity contribution in [2.45, 2.75) is 13.2 Å². The number of carbonyl (C=O) groups is 1. The predicted molar refractivity (Wildman–Crippen MR) is 128 cm³/mol. The molecule has 36 heavy (non-hydrogen) atoms. The molecule has 0 radical (unpaired) electrons. The number of hydrogen-bond acceptors (Lipinski definition) is 7. The van der Waals surface area contributed by atoms with E-state index in [0.717, 1.165) is 0 Å². The number of methoxy groups -OCH3 is 2. The first kappa shape index (κ1) is 26.4. The highest BCUT2D eigenvalue weighted by Crippen LogP contribution is 2.31. The van der Waals surface area contributed by atoms with E-state index in [-0.39, 0.29) is 45.9 Å². The zero-order valence-electron chi connectivity index (χ0n) is 19.1. The van der Waals surface area contributed by atoms with Gasteiger partial charge in [0, 0.05) is 23.3 Å². The Balaban J connectivity index is 1.76. The van der Waals surface area contributed by atoms with Crippen molar-refractivity contribution in [3.63, 3.8) is 0 Å². The van der Waals surface area contributed by atoms with Crippen molar-refractivity contribution in [1.29, 1.82) is 0 Å². The van der Waals surface area contributed by atoms with Gasteiger partial charge in [-0.3, -0.25) is 14.9 Å². The van der Waals surface area contributed by atoms with Gasteiger partial charge in [0.2, 0.25) is 0 Å². The maximum atomic E-state index is 12.6. The summed E-state index contributed by atoms with van der Waals surface area (Å²) in [6, 6.07) is 12.9. The summed E-state index contributed by atoms with van der Waals surface area (Å²) < 4.78 is 45.5. The standard InChI is InChI=1S/C25H20ClF2NO7/c1-33-21-8-4-15(11-17(21)14-35-22-10-6-18(29(31)32)13-19(22)26)3-7-20(30)16-5-9-23(36-25(27)28)24(12-16)34-2/h3-13,25H,14H2,1-2H3/b7-3+. The van der Waals surface area contributed by atoms with Crippen molar-refractivity contribution in [3.05, 3.63) is 92.5 Å². The molecule has 0 spiro atoms. The van der Waals surface area contributed by atoms with Crippen LogP contribution in [0.4, 0.5) is 14.5 Å². The molecule has 0 aliphatic carbocycles. The van der Waals surface area contributed by atoms with Crippen LogP contribution in [0.5, 0.6) is 23.0 Å². The number of alkyl halides is 2. The molecule has 0 amide bonds. The molecule has 8 nitrogen and oxygen atoms in total. The van der Waals surface area contributed by atoms with E-state index in [4.69, 9.17) is 25.8 Å². The number of carbonyl (C=O) groups excluding carboxylic acids is 1. The van der Waals surface area contributed by atoms with Gasteiger partial charge >= 0.3 is 6.61 Å². The number of ether oxygens (including phenoxy) is 4. The number of allylic oxidation sites excluding steroid dienone is 1. The van der Waals surface area contributed by atoms with Crippen LogP contribution in [-0.4, -0.2) is 31.5 Å². The van der Waals surface area contributed by atoms with Crippen LogP contribution in [0.15, 0.2) is 60.7 Å². The lowest BCUT2D eigenvalue weighted by molar-refractivity contribution is -0.384. The van der Waals surface area contributed by atoms with Gasteiger partial charge in [-0.05, 0) is 48.0 Å². The van der Waals surface area contributed by atoms with E-state index in [2.05, 4.69) is 4.74 Å². The molecule has 0 aliphatic heterocycles. The summed E-state index contributed by atoms with van der Waals surface area (Å²) in [5, 5.41) is 11.0. The van der Waals surface area contributed by atoms with E-state index in [9.17, 15) is 23.7 Å². The molecule has 0 fully saturated rings. The topological polar surface area (TPSA) is 97.1 Å². The third-order valence-corrected chi connectivity index (χ3v) is 5.20. The van der Waals surface area contributed by atoms with Crippen LogP contribution in [-0.2, 0) is 6.61 Å². The third-order valence-electron chi connectivity index (χ3n) is 4.91. The second-order valence-corrected chi connectivity index (χ2v) is 7.58. The van der Waals surface area contributed by atoms with Gasteiger partial charge in [-0.15, -0.1) is 0 Å². The fourth-order valence-electron chi connectivity index (χ4n) is 3.17. The van der Waals surface area contributed by atoms with Gasteiger partial charge in [0.25, 0.3) is 5.69 Å². The second kappa shape index (κ2) is 12.0. The Morgan fingerprint density at radius 3 is 2.33 bits per heavy atom. The molecule has 3 aromatic rings. The first-order valence-electron chi connectivity index (χ1n) is 10.3. The Bertz CT molecular complexity index is 1300. The predicted octanol–water partition coefficient (Wildman–Crippen LogP) is 6.34. The van der Waals surface area contributed by atoms with Crippen LogP contribution < -0.4 is 18.9 Å². The summed E-state index contributed by atoms with van der Waals surface area (Å²) in [5.74, 6) is 0.219. The van der Waals surface area contributed by atoms with Crippen molar-refractivity contribution in [3.8, 4) is 23.0 Å². The number of nitro groups is 1. The number of halogens is 3. The lowest BCUT2D eigenvalue weighted by atomic mass is 10.1. The van der Waals surface area contributed by atoms with Crippen LogP contribution >= 0.6 is 11.6 Å². The van der Waals surface area contributed by atoms with Gasteiger partial charge in [0.15, 0.2) is 17.3 Å². The Kier molecular flexibility index (Phi) is 8.80. The van der Waals surface area contributed by atoms with Gasteiger partial charge in [0.1, 0.15) is 18.1 Å². The smallest absolute Gasteiger partial charge is 0.387 e. The molecule has 0 atom stereocenters. The molecular weight excluding hydrogens is 500 g/mol. The van der Waals surface area contributed by atoms with Crippen molar-refractivity contribution in [2.24, 2.45) is 0 Å². The molecule has 0 saturated heterocycles. The van der Waals surface area contributed by atoms with Crippen molar-refractivity contribution < 1.29 is 37.4 Å². The van der Waals surface area contributed by atoms with E-state index in [1.807, 2.05) is 0 Å². The number of hydrogen-bond donors (Lipinski definition) is 0. The molecule has 0 aromatic heterocycles. The van der Waals surface area contributed by atoms with Gasteiger partial charge in [0.05, 0.1) is 24.2 Å². The number of benzene rings is 3. The first-order valence-corrected chi connectivity index (χ1v) is 10.7. The molecule has 0 aliphatic rings. The zero-order valence-corrected chi connectivity index (χ0v) is 19.8. The van der Waals surface area contributed by atoms with Crippen LogP contribution in [0.3, 0.4) is 0 Å². The molecule has 0 heterocycles. The number of nitro benzene ring substituents is 1. The lowest BCUT2D eigenvalue weighted by Gasteiger charge is -2.12. The van der Waals surface area contributed by atoms with Gasteiger partial charge in [-0.25, -0.2) is 0 Å². The molecular formula is C25H20ClF2NO7. The highest BCUT2D eigenvalue weighted by atomic mass is 35.5. The molecule has 11 heteroatoms. The number of rotatable bonds is 11. The Hall–Kier alpha value is -4.18. The Morgan fingerprint density at radius 1 is 1.00 bits per heavy atom. The number of nitrogens with zero attached hydrogens (tertiary/aromatic N) is 1. The molecule has 3 rings (SSSR count). The number of ketones is 1. The average molecular weight is 520 g/mol. The molecule has 0 bridgehead atoms. The fraction of sp³-hybridized carbons (Fsp3) is 0.160. The minimum atomic E-state index is -3.02. The van der Waals surface area contributed by atoms with Crippen LogP contribution in [0.1, 0.15) is 21.5 Å².